The molecule has 0 bridgehead atoms. The van der Waals surface area contributed by atoms with Crippen LogP contribution < -0.4 is 5.32 Å². The predicted molar refractivity (Wildman–Crippen MR) is 62.0 cm³/mol. The Morgan fingerprint density at radius 1 is 1.44 bits per heavy atom. The number of aromatic nitrogens is 2. The van der Waals surface area contributed by atoms with Crippen molar-refractivity contribution in [3.05, 3.63) is 12.2 Å². The van der Waals surface area contributed by atoms with Crippen LogP contribution in [-0.2, 0) is 6.42 Å². The summed E-state index contributed by atoms with van der Waals surface area (Å²) in [6.07, 6.45) is 6.24. The van der Waals surface area contributed by atoms with E-state index in [1.807, 2.05) is 0 Å². The normalized spacial score (nSPS) is 30.5. The number of nitrogens with zero attached hydrogens (tertiary/aromatic N) is 2. The Morgan fingerprint density at radius 3 is 3.00 bits per heavy atom. The van der Waals surface area contributed by atoms with Gasteiger partial charge in [0.25, 0.3) is 0 Å². The van der Waals surface area contributed by atoms with Crippen LogP contribution in [0.1, 0.15) is 38.9 Å². The van der Waals surface area contributed by atoms with Gasteiger partial charge in [0.05, 0.1) is 0 Å². The van der Waals surface area contributed by atoms with Crippen LogP contribution in [0.3, 0.4) is 0 Å². The van der Waals surface area contributed by atoms with Gasteiger partial charge in [0, 0.05) is 19.0 Å². The minimum absolute atomic E-state index is 0.670. The van der Waals surface area contributed by atoms with Crippen LogP contribution in [0.15, 0.2) is 10.9 Å². The van der Waals surface area contributed by atoms with E-state index in [1.54, 1.807) is 0 Å². The van der Waals surface area contributed by atoms with E-state index >= 15 is 0 Å². The molecule has 1 saturated carbocycles. The standard InChI is InChI=1S/C12H21N3O/c1-9-3-4-11(10(2)7-9)13-6-5-12-14-8-16-15-12/h8-11,13H,3-7H2,1-2H3. The van der Waals surface area contributed by atoms with Crippen LogP contribution in [-0.4, -0.2) is 22.7 Å². The first-order valence-corrected chi connectivity index (χ1v) is 6.24. The molecule has 2 rings (SSSR count). The molecule has 1 aromatic rings. The zero-order valence-electron chi connectivity index (χ0n) is 10.1. The van der Waals surface area contributed by atoms with Crippen molar-refractivity contribution in [2.75, 3.05) is 6.54 Å². The van der Waals surface area contributed by atoms with Gasteiger partial charge in [0.1, 0.15) is 0 Å². The second-order valence-corrected chi connectivity index (χ2v) is 5.05. The second-order valence-electron chi connectivity index (χ2n) is 5.05. The van der Waals surface area contributed by atoms with E-state index in [1.165, 1.54) is 25.7 Å². The molecule has 16 heavy (non-hydrogen) atoms. The molecule has 0 aliphatic heterocycles. The molecular formula is C12H21N3O. The fraction of sp³-hybridized carbons (Fsp3) is 0.833. The molecule has 0 amide bonds. The van der Waals surface area contributed by atoms with E-state index in [0.717, 1.165) is 30.6 Å². The van der Waals surface area contributed by atoms with Crippen molar-refractivity contribution in [1.82, 2.24) is 15.5 Å². The molecule has 3 unspecified atom stereocenters. The van der Waals surface area contributed by atoms with Gasteiger partial charge in [-0.25, -0.2) is 0 Å². The van der Waals surface area contributed by atoms with Gasteiger partial charge in [0.15, 0.2) is 5.82 Å². The quantitative estimate of drug-likeness (QED) is 0.848. The molecule has 1 fully saturated rings. The lowest BCUT2D eigenvalue weighted by Gasteiger charge is -2.33. The summed E-state index contributed by atoms with van der Waals surface area (Å²) in [5.41, 5.74) is 0. The largest absolute Gasteiger partial charge is 0.343 e. The maximum Gasteiger partial charge on any atom is 0.213 e. The molecule has 4 nitrogen and oxygen atoms in total. The molecule has 0 aromatic carbocycles. The van der Waals surface area contributed by atoms with E-state index in [2.05, 4.69) is 29.3 Å². The van der Waals surface area contributed by atoms with Gasteiger partial charge in [-0.15, -0.1) is 0 Å². The fourth-order valence-electron chi connectivity index (χ4n) is 2.64. The highest BCUT2D eigenvalue weighted by Crippen LogP contribution is 2.28. The first-order valence-electron chi connectivity index (χ1n) is 6.24. The van der Waals surface area contributed by atoms with Crippen molar-refractivity contribution in [3.8, 4) is 0 Å². The number of hydrogen-bond acceptors (Lipinski definition) is 4. The first kappa shape index (κ1) is 11.6. The maximum atomic E-state index is 4.70. The van der Waals surface area contributed by atoms with Crippen molar-refractivity contribution in [2.45, 2.75) is 45.6 Å². The number of nitrogens with one attached hydrogen (secondary N) is 1. The molecule has 4 heteroatoms. The lowest BCUT2D eigenvalue weighted by Crippen LogP contribution is -2.40. The molecule has 1 N–H and O–H groups in total. The van der Waals surface area contributed by atoms with Crippen molar-refractivity contribution in [1.29, 1.82) is 0 Å². The summed E-state index contributed by atoms with van der Waals surface area (Å²) in [5, 5.41) is 7.41. The molecule has 0 saturated heterocycles. The smallest absolute Gasteiger partial charge is 0.213 e. The molecule has 0 radical (unpaired) electrons. The zero-order valence-corrected chi connectivity index (χ0v) is 10.1. The third-order valence-corrected chi connectivity index (χ3v) is 3.59. The van der Waals surface area contributed by atoms with E-state index < -0.39 is 0 Å². The fourth-order valence-corrected chi connectivity index (χ4v) is 2.64. The summed E-state index contributed by atoms with van der Waals surface area (Å²) in [7, 11) is 0. The average molecular weight is 223 g/mol. The summed E-state index contributed by atoms with van der Waals surface area (Å²) in [6, 6.07) is 0.670. The third kappa shape index (κ3) is 3.04. The Hall–Kier alpha value is -0.900. The predicted octanol–water partition coefficient (Wildman–Crippen LogP) is 2.03. The lowest BCUT2D eigenvalue weighted by atomic mass is 9.80. The van der Waals surface area contributed by atoms with E-state index in [-0.39, 0.29) is 0 Å². The van der Waals surface area contributed by atoms with Gasteiger partial charge >= 0.3 is 0 Å². The molecule has 1 heterocycles. The van der Waals surface area contributed by atoms with E-state index in [4.69, 9.17) is 4.52 Å². The minimum atomic E-state index is 0.670. The number of hydrogen-bond donors (Lipinski definition) is 1. The summed E-state index contributed by atoms with van der Waals surface area (Å²) in [5.74, 6) is 2.48. The number of rotatable bonds is 4. The summed E-state index contributed by atoms with van der Waals surface area (Å²) >= 11 is 0. The highest BCUT2D eigenvalue weighted by molar-refractivity contribution is 4.84. The van der Waals surface area contributed by atoms with Gasteiger partial charge in [-0.3, -0.25) is 0 Å². The van der Waals surface area contributed by atoms with Crippen LogP contribution in [0, 0.1) is 11.8 Å². The molecule has 1 aromatic heterocycles. The summed E-state index contributed by atoms with van der Waals surface area (Å²) < 4.78 is 4.70. The molecule has 3 atom stereocenters. The Morgan fingerprint density at radius 2 is 2.31 bits per heavy atom. The van der Waals surface area contributed by atoms with E-state index in [0.29, 0.717) is 6.04 Å². The first-order chi connectivity index (χ1) is 7.75. The topological polar surface area (TPSA) is 51.0 Å². The summed E-state index contributed by atoms with van der Waals surface area (Å²) in [6.45, 7) is 5.65. The zero-order chi connectivity index (χ0) is 11.4. The molecular weight excluding hydrogens is 202 g/mol. The van der Waals surface area contributed by atoms with Crippen LogP contribution in [0.25, 0.3) is 0 Å². The van der Waals surface area contributed by atoms with Crippen LogP contribution in [0.4, 0.5) is 0 Å². The summed E-state index contributed by atoms with van der Waals surface area (Å²) in [4.78, 5) is 4.01. The Kier molecular flexibility index (Phi) is 3.93. The third-order valence-electron chi connectivity index (χ3n) is 3.59. The second kappa shape index (κ2) is 5.43. The molecule has 1 aliphatic carbocycles. The minimum Gasteiger partial charge on any atom is -0.343 e. The van der Waals surface area contributed by atoms with Crippen molar-refractivity contribution in [2.24, 2.45) is 11.8 Å². The van der Waals surface area contributed by atoms with Gasteiger partial charge in [0.2, 0.25) is 6.39 Å². The van der Waals surface area contributed by atoms with Crippen LogP contribution >= 0.6 is 0 Å². The average Bonchev–Trinajstić information content (AvgIpc) is 2.74. The van der Waals surface area contributed by atoms with Crippen molar-refractivity contribution < 1.29 is 4.52 Å². The van der Waals surface area contributed by atoms with Crippen LogP contribution in [0.5, 0.6) is 0 Å². The van der Waals surface area contributed by atoms with Gasteiger partial charge in [-0.1, -0.05) is 19.0 Å². The highest BCUT2D eigenvalue weighted by atomic mass is 16.5. The highest BCUT2D eigenvalue weighted by Gasteiger charge is 2.24. The SMILES string of the molecule is CC1CCC(NCCc2ncon2)C(C)C1. The Bertz CT molecular complexity index is 299. The molecule has 90 valence electrons. The van der Waals surface area contributed by atoms with Crippen molar-refractivity contribution in [3.63, 3.8) is 0 Å². The maximum absolute atomic E-state index is 4.70. The van der Waals surface area contributed by atoms with Gasteiger partial charge < -0.3 is 9.84 Å². The molecule has 1 aliphatic rings. The lowest BCUT2D eigenvalue weighted by molar-refractivity contribution is 0.229. The molecule has 0 spiro atoms. The van der Waals surface area contributed by atoms with Gasteiger partial charge in [-0.05, 0) is 31.1 Å². The van der Waals surface area contributed by atoms with E-state index in [9.17, 15) is 0 Å². The van der Waals surface area contributed by atoms with Crippen LogP contribution in [0.2, 0.25) is 0 Å². The Labute approximate surface area is 96.8 Å². The van der Waals surface area contributed by atoms with Gasteiger partial charge in [-0.2, -0.15) is 4.98 Å². The monoisotopic (exact) mass is 223 g/mol. The van der Waals surface area contributed by atoms with Crippen molar-refractivity contribution >= 4 is 0 Å². The Balaban J connectivity index is 1.69.